The summed E-state index contributed by atoms with van der Waals surface area (Å²) < 4.78 is 1.03. The van der Waals surface area contributed by atoms with E-state index in [0.717, 1.165) is 17.4 Å². The summed E-state index contributed by atoms with van der Waals surface area (Å²) in [5.41, 5.74) is 0. The van der Waals surface area contributed by atoms with Crippen LogP contribution in [-0.4, -0.2) is 28.1 Å². The molecular formula is C8H17NS3. The van der Waals surface area contributed by atoms with Crippen molar-refractivity contribution in [2.45, 2.75) is 27.2 Å². The second-order valence-electron chi connectivity index (χ2n) is 2.34. The molecule has 0 aliphatic heterocycles. The van der Waals surface area contributed by atoms with Gasteiger partial charge in [0, 0.05) is 18.8 Å². The normalized spacial score (nSPS) is 9.92. The van der Waals surface area contributed by atoms with Crippen molar-refractivity contribution in [2.24, 2.45) is 0 Å². The van der Waals surface area contributed by atoms with E-state index < -0.39 is 0 Å². The van der Waals surface area contributed by atoms with Gasteiger partial charge in [-0.05, 0) is 31.1 Å². The van der Waals surface area contributed by atoms with E-state index in [0.29, 0.717) is 0 Å². The van der Waals surface area contributed by atoms with E-state index in [9.17, 15) is 0 Å². The lowest BCUT2D eigenvalue weighted by atomic mass is 10.6. The molecule has 72 valence electrons. The first-order valence-corrected chi connectivity index (χ1v) is 7.07. The molecule has 4 heteroatoms. The molecule has 1 nitrogen and oxygen atoms in total. The topological polar surface area (TPSA) is 3.24 Å². The van der Waals surface area contributed by atoms with Crippen molar-refractivity contribution in [1.29, 1.82) is 0 Å². The zero-order chi connectivity index (χ0) is 9.40. The molecule has 12 heavy (non-hydrogen) atoms. The first kappa shape index (κ1) is 12.6. The van der Waals surface area contributed by atoms with Crippen LogP contribution < -0.4 is 0 Å². The highest BCUT2D eigenvalue weighted by atomic mass is 33.1. The molecule has 0 heterocycles. The molecule has 0 N–H and O–H groups in total. The van der Waals surface area contributed by atoms with Gasteiger partial charge in [-0.2, -0.15) is 0 Å². The molecule has 0 bridgehead atoms. The van der Waals surface area contributed by atoms with Gasteiger partial charge in [0.05, 0.1) is 0 Å². The monoisotopic (exact) mass is 223 g/mol. The van der Waals surface area contributed by atoms with Crippen LogP contribution >= 0.6 is 33.8 Å². The first-order valence-electron chi connectivity index (χ1n) is 4.34. The second-order valence-corrected chi connectivity index (χ2v) is 5.39. The Labute approximate surface area is 89.1 Å². The fourth-order valence-corrected chi connectivity index (χ4v) is 3.48. The molecule has 0 aromatic heterocycles. The molecule has 0 atom stereocenters. The maximum Gasteiger partial charge on any atom is 0.147 e. The van der Waals surface area contributed by atoms with Crippen molar-refractivity contribution in [3.05, 3.63) is 0 Å². The third-order valence-corrected chi connectivity index (χ3v) is 4.68. The summed E-state index contributed by atoms with van der Waals surface area (Å²) in [6.45, 7) is 8.51. The van der Waals surface area contributed by atoms with Gasteiger partial charge in [0.25, 0.3) is 0 Å². The fraction of sp³-hybridized carbons (Fsp3) is 0.875. The van der Waals surface area contributed by atoms with Crippen LogP contribution in [0.2, 0.25) is 0 Å². The van der Waals surface area contributed by atoms with E-state index in [-0.39, 0.29) is 0 Å². The number of nitrogens with zero attached hydrogens (tertiary/aromatic N) is 1. The van der Waals surface area contributed by atoms with Gasteiger partial charge < -0.3 is 4.90 Å². The standard InChI is InChI=1S/C8H17NS3/c1-4-7-11-12-8(10)9(5-2)6-3/h4-7H2,1-3H3. The summed E-state index contributed by atoms with van der Waals surface area (Å²) in [6, 6.07) is 0. The van der Waals surface area contributed by atoms with Gasteiger partial charge in [0.2, 0.25) is 0 Å². The minimum absolute atomic E-state index is 1.02. The molecule has 0 rings (SSSR count). The molecule has 0 aliphatic rings. The number of rotatable bonds is 5. The van der Waals surface area contributed by atoms with Crippen LogP contribution in [0.25, 0.3) is 0 Å². The van der Waals surface area contributed by atoms with Crippen LogP contribution in [0, 0.1) is 0 Å². The molecule has 0 aromatic carbocycles. The molecule has 0 unspecified atom stereocenters. The smallest absolute Gasteiger partial charge is 0.147 e. The van der Waals surface area contributed by atoms with E-state index in [1.165, 1.54) is 12.2 Å². The lowest BCUT2D eigenvalue weighted by molar-refractivity contribution is 0.482. The summed E-state index contributed by atoms with van der Waals surface area (Å²) in [5, 5.41) is 0. The van der Waals surface area contributed by atoms with Crippen molar-refractivity contribution < 1.29 is 0 Å². The third-order valence-electron chi connectivity index (χ3n) is 1.44. The molecule has 0 spiro atoms. The average molecular weight is 223 g/mol. The maximum absolute atomic E-state index is 5.26. The summed E-state index contributed by atoms with van der Waals surface area (Å²) in [5.74, 6) is 1.19. The Morgan fingerprint density at radius 1 is 1.25 bits per heavy atom. The van der Waals surface area contributed by atoms with E-state index in [1.54, 1.807) is 10.8 Å². The third kappa shape index (κ3) is 5.27. The van der Waals surface area contributed by atoms with Gasteiger partial charge in [-0.1, -0.05) is 29.9 Å². The van der Waals surface area contributed by atoms with Crippen molar-refractivity contribution in [2.75, 3.05) is 18.8 Å². The van der Waals surface area contributed by atoms with Crippen molar-refractivity contribution in [1.82, 2.24) is 4.90 Å². The zero-order valence-electron chi connectivity index (χ0n) is 8.00. The van der Waals surface area contributed by atoms with Crippen molar-refractivity contribution in [3.63, 3.8) is 0 Å². The number of hydrogen-bond acceptors (Lipinski definition) is 3. The Bertz CT molecular complexity index is 123. The van der Waals surface area contributed by atoms with E-state index in [4.69, 9.17) is 12.2 Å². The van der Waals surface area contributed by atoms with Gasteiger partial charge in [-0.25, -0.2) is 0 Å². The molecule has 0 saturated carbocycles. The minimum Gasteiger partial charge on any atom is -0.357 e. The predicted octanol–water partition coefficient (Wildman–Crippen LogP) is 3.40. The van der Waals surface area contributed by atoms with Crippen molar-refractivity contribution >= 4 is 38.1 Å². The highest BCUT2D eigenvalue weighted by Crippen LogP contribution is 2.25. The largest absolute Gasteiger partial charge is 0.357 e. The van der Waals surface area contributed by atoms with Gasteiger partial charge in [-0.15, -0.1) is 0 Å². The first-order chi connectivity index (χ1) is 5.76. The Morgan fingerprint density at radius 3 is 2.25 bits per heavy atom. The Balaban J connectivity index is 3.54. The fourth-order valence-electron chi connectivity index (χ4n) is 0.710. The van der Waals surface area contributed by atoms with Crippen LogP contribution in [0.3, 0.4) is 0 Å². The molecule has 0 aliphatic carbocycles. The average Bonchev–Trinajstić information content (AvgIpc) is 2.07. The lowest BCUT2D eigenvalue weighted by Crippen LogP contribution is -2.25. The molecular weight excluding hydrogens is 206 g/mol. The molecule has 0 fully saturated rings. The quantitative estimate of drug-likeness (QED) is 0.399. The van der Waals surface area contributed by atoms with Crippen molar-refractivity contribution in [3.8, 4) is 0 Å². The van der Waals surface area contributed by atoms with E-state index in [2.05, 4.69) is 25.7 Å². The number of thiocarbonyl (C=S) groups is 1. The van der Waals surface area contributed by atoms with Crippen LogP contribution in [0.15, 0.2) is 0 Å². The summed E-state index contributed by atoms with van der Waals surface area (Å²) in [6.07, 6.45) is 1.22. The predicted molar refractivity (Wildman–Crippen MR) is 65.9 cm³/mol. The summed E-state index contributed by atoms with van der Waals surface area (Å²) in [7, 11) is 3.59. The van der Waals surface area contributed by atoms with Gasteiger partial charge in [0.15, 0.2) is 0 Å². The highest BCUT2D eigenvalue weighted by Gasteiger charge is 2.04. The highest BCUT2D eigenvalue weighted by molar-refractivity contribution is 8.83. The summed E-state index contributed by atoms with van der Waals surface area (Å²) >= 11 is 5.26. The van der Waals surface area contributed by atoms with Gasteiger partial charge >= 0.3 is 0 Å². The zero-order valence-corrected chi connectivity index (χ0v) is 10.4. The summed E-state index contributed by atoms with van der Waals surface area (Å²) in [4.78, 5) is 2.21. The molecule has 0 amide bonds. The molecule has 0 radical (unpaired) electrons. The Kier molecular flexibility index (Phi) is 8.60. The SMILES string of the molecule is CCCSSC(=S)N(CC)CC. The maximum atomic E-state index is 5.26. The molecule has 0 aromatic rings. The van der Waals surface area contributed by atoms with E-state index >= 15 is 0 Å². The Hall–Kier alpha value is 0.590. The van der Waals surface area contributed by atoms with Gasteiger partial charge in [-0.3, -0.25) is 0 Å². The second kappa shape index (κ2) is 8.20. The number of hydrogen-bond donors (Lipinski definition) is 0. The van der Waals surface area contributed by atoms with E-state index in [1.807, 2.05) is 10.8 Å². The van der Waals surface area contributed by atoms with Crippen LogP contribution in [0.4, 0.5) is 0 Å². The van der Waals surface area contributed by atoms with Crippen LogP contribution in [0.1, 0.15) is 27.2 Å². The van der Waals surface area contributed by atoms with Crippen LogP contribution in [0.5, 0.6) is 0 Å². The van der Waals surface area contributed by atoms with Crippen LogP contribution in [-0.2, 0) is 0 Å². The van der Waals surface area contributed by atoms with Gasteiger partial charge in [0.1, 0.15) is 4.32 Å². The minimum atomic E-state index is 1.02. The lowest BCUT2D eigenvalue weighted by Gasteiger charge is -2.20. The Morgan fingerprint density at radius 2 is 1.83 bits per heavy atom. The molecule has 0 saturated heterocycles.